The van der Waals surface area contributed by atoms with Crippen LogP contribution in [0.15, 0.2) is 18.2 Å². The summed E-state index contributed by atoms with van der Waals surface area (Å²) in [5.74, 6) is -1.27. The highest BCUT2D eigenvalue weighted by Crippen LogP contribution is 2.26. The number of carbonyl (C=O) groups is 2. The molecule has 0 heterocycles. The summed E-state index contributed by atoms with van der Waals surface area (Å²) in [5, 5.41) is 9.05. The first-order valence-electron chi connectivity index (χ1n) is 5.91. The van der Waals surface area contributed by atoms with E-state index in [4.69, 9.17) is 20.3 Å². The summed E-state index contributed by atoms with van der Waals surface area (Å²) in [6.07, 6.45) is -0.0892. The second-order valence-electron chi connectivity index (χ2n) is 3.97. The lowest BCUT2D eigenvalue weighted by molar-refractivity contribution is -0.124. The molecule has 0 aliphatic carbocycles. The van der Waals surface area contributed by atoms with Crippen molar-refractivity contribution in [1.82, 2.24) is 0 Å². The van der Waals surface area contributed by atoms with E-state index in [1.807, 2.05) is 6.92 Å². The Morgan fingerprint density at radius 1 is 1.42 bits per heavy atom. The van der Waals surface area contributed by atoms with Gasteiger partial charge in [0.1, 0.15) is 17.1 Å². The van der Waals surface area contributed by atoms with Crippen molar-refractivity contribution in [3.63, 3.8) is 0 Å². The van der Waals surface area contributed by atoms with E-state index in [-0.39, 0.29) is 11.3 Å². The third-order valence-corrected chi connectivity index (χ3v) is 2.36. The maximum Gasteiger partial charge on any atom is 0.339 e. The SMILES string of the molecule is CCCOc1ccc(C(=O)O)c(OC(C)C(N)=O)c1. The van der Waals surface area contributed by atoms with Crippen LogP contribution in [0.3, 0.4) is 0 Å². The smallest absolute Gasteiger partial charge is 0.339 e. The number of ether oxygens (including phenoxy) is 2. The van der Waals surface area contributed by atoms with Gasteiger partial charge in [0.15, 0.2) is 6.10 Å². The van der Waals surface area contributed by atoms with Crippen LogP contribution in [0.4, 0.5) is 0 Å². The zero-order valence-electron chi connectivity index (χ0n) is 10.9. The Bertz CT molecular complexity index is 472. The van der Waals surface area contributed by atoms with E-state index < -0.39 is 18.0 Å². The van der Waals surface area contributed by atoms with Gasteiger partial charge in [-0.05, 0) is 25.5 Å². The number of primary amides is 1. The first kappa shape index (κ1) is 14.8. The molecule has 1 unspecified atom stereocenters. The van der Waals surface area contributed by atoms with Crippen LogP contribution in [0.25, 0.3) is 0 Å². The van der Waals surface area contributed by atoms with Gasteiger partial charge in [-0.15, -0.1) is 0 Å². The molecule has 0 fully saturated rings. The second kappa shape index (κ2) is 6.63. The van der Waals surface area contributed by atoms with Gasteiger partial charge in [-0.3, -0.25) is 4.79 Å². The highest BCUT2D eigenvalue weighted by atomic mass is 16.5. The number of benzene rings is 1. The van der Waals surface area contributed by atoms with Gasteiger partial charge in [0.2, 0.25) is 0 Å². The van der Waals surface area contributed by atoms with E-state index >= 15 is 0 Å². The summed E-state index contributed by atoms with van der Waals surface area (Å²) in [7, 11) is 0. The summed E-state index contributed by atoms with van der Waals surface area (Å²) < 4.78 is 10.6. The van der Waals surface area contributed by atoms with Crippen molar-refractivity contribution in [2.45, 2.75) is 26.4 Å². The highest BCUT2D eigenvalue weighted by Gasteiger charge is 2.17. The topological polar surface area (TPSA) is 98.8 Å². The Hall–Kier alpha value is -2.24. The number of rotatable bonds is 7. The molecule has 0 saturated carbocycles. The normalized spacial score (nSPS) is 11.7. The Labute approximate surface area is 111 Å². The van der Waals surface area contributed by atoms with Crippen LogP contribution in [0.1, 0.15) is 30.6 Å². The molecular formula is C13H17NO5. The molecule has 1 aromatic carbocycles. The van der Waals surface area contributed by atoms with Gasteiger partial charge in [-0.25, -0.2) is 4.79 Å². The third kappa shape index (κ3) is 4.17. The quantitative estimate of drug-likeness (QED) is 0.778. The molecule has 0 spiro atoms. The molecule has 0 saturated heterocycles. The van der Waals surface area contributed by atoms with Crippen molar-refractivity contribution in [2.75, 3.05) is 6.61 Å². The first-order valence-corrected chi connectivity index (χ1v) is 5.91. The number of hydrogen-bond acceptors (Lipinski definition) is 4. The fourth-order valence-electron chi connectivity index (χ4n) is 1.34. The maximum atomic E-state index is 11.1. The summed E-state index contributed by atoms with van der Waals surface area (Å²) in [6.45, 7) is 3.92. The fraction of sp³-hybridized carbons (Fsp3) is 0.385. The van der Waals surface area contributed by atoms with Crippen LogP contribution in [0.5, 0.6) is 11.5 Å². The van der Waals surface area contributed by atoms with E-state index in [0.717, 1.165) is 6.42 Å². The molecule has 104 valence electrons. The predicted octanol–water partition coefficient (Wildman–Crippen LogP) is 1.43. The summed E-state index contributed by atoms with van der Waals surface area (Å²) in [6, 6.07) is 4.36. The molecular weight excluding hydrogens is 250 g/mol. The lowest BCUT2D eigenvalue weighted by Crippen LogP contribution is -2.31. The van der Waals surface area contributed by atoms with Gasteiger partial charge in [0.05, 0.1) is 6.61 Å². The molecule has 19 heavy (non-hydrogen) atoms. The Morgan fingerprint density at radius 2 is 2.11 bits per heavy atom. The van der Waals surface area contributed by atoms with Crippen molar-refractivity contribution in [3.05, 3.63) is 23.8 Å². The maximum absolute atomic E-state index is 11.1. The molecule has 1 rings (SSSR count). The molecule has 1 aromatic rings. The molecule has 6 nitrogen and oxygen atoms in total. The van der Waals surface area contributed by atoms with Crippen LogP contribution < -0.4 is 15.2 Å². The summed E-state index contributed by atoms with van der Waals surface area (Å²) >= 11 is 0. The van der Waals surface area contributed by atoms with Gasteiger partial charge < -0.3 is 20.3 Å². The number of carboxylic acid groups (broad SMARTS) is 1. The third-order valence-electron chi connectivity index (χ3n) is 2.36. The minimum absolute atomic E-state index is 0.0445. The standard InChI is InChI=1S/C13H17NO5/c1-3-6-18-9-4-5-10(13(16)17)11(7-9)19-8(2)12(14)15/h4-5,7-8H,3,6H2,1-2H3,(H2,14,15)(H,16,17). The second-order valence-corrected chi connectivity index (χ2v) is 3.97. The van der Waals surface area contributed by atoms with Crippen molar-refractivity contribution in [1.29, 1.82) is 0 Å². The van der Waals surface area contributed by atoms with Gasteiger partial charge in [-0.2, -0.15) is 0 Å². The van der Waals surface area contributed by atoms with E-state index in [1.165, 1.54) is 19.1 Å². The molecule has 0 aromatic heterocycles. The number of carbonyl (C=O) groups excluding carboxylic acids is 1. The lowest BCUT2D eigenvalue weighted by atomic mass is 10.2. The van der Waals surface area contributed by atoms with Gasteiger partial charge in [0, 0.05) is 6.07 Å². The molecule has 0 bridgehead atoms. The first-order chi connectivity index (χ1) is 8.95. The predicted molar refractivity (Wildman–Crippen MR) is 68.5 cm³/mol. The van der Waals surface area contributed by atoms with E-state index in [0.29, 0.717) is 12.4 Å². The molecule has 0 radical (unpaired) electrons. The van der Waals surface area contributed by atoms with Crippen molar-refractivity contribution < 1.29 is 24.2 Å². The van der Waals surface area contributed by atoms with Gasteiger partial charge >= 0.3 is 5.97 Å². The zero-order valence-corrected chi connectivity index (χ0v) is 10.9. The van der Waals surface area contributed by atoms with Gasteiger partial charge in [-0.1, -0.05) is 6.92 Å². The molecule has 0 aliphatic heterocycles. The van der Waals surface area contributed by atoms with E-state index in [1.54, 1.807) is 6.07 Å². The van der Waals surface area contributed by atoms with Gasteiger partial charge in [0.25, 0.3) is 5.91 Å². The highest BCUT2D eigenvalue weighted by molar-refractivity contribution is 5.91. The molecule has 1 amide bonds. The molecule has 0 aliphatic rings. The number of aromatic carboxylic acids is 1. The summed E-state index contributed by atoms with van der Waals surface area (Å²) in [4.78, 5) is 22.0. The average molecular weight is 267 g/mol. The average Bonchev–Trinajstić information content (AvgIpc) is 2.36. The molecule has 6 heteroatoms. The Balaban J connectivity index is 3.01. The van der Waals surface area contributed by atoms with Crippen LogP contribution in [-0.4, -0.2) is 29.7 Å². The Kier molecular flexibility index (Phi) is 5.17. The Morgan fingerprint density at radius 3 is 2.63 bits per heavy atom. The minimum Gasteiger partial charge on any atom is -0.493 e. The zero-order chi connectivity index (χ0) is 14.4. The molecule has 3 N–H and O–H groups in total. The van der Waals surface area contributed by atoms with Crippen molar-refractivity contribution >= 4 is 11.9 Å². The number of carboxylic acids is 1. The number of hydrogen-bond donors (Lipinski definition) is 2. The van der Waals surface area contributed by atoms with Crippen molar-refractivity contribution in [3.8, 4) is 11.5 Å². The van der Waals surface area contributed by atoms with Crippen LogP contribution >= 0.6 is 0 Å². The molecule has 1 atom stereocenters. The fourth-order valence-corrected chi connectivity index (χ4v) is 1.34. The van der Waals surface area contributed by atoms with E-state index in [9.17, 15) is 9.59 Å². The van der Waals surface area contributed by atoms with Crippen LogP contribution in [0, 0.1) is 0 Å². The lowest BCUT2D eigenvalue weighted by Gasteiger charge is -2.14. The van der Waals surface area contributed by atoms with Crippen LogP contribution in [0.2, 0.25) is 0 Å². The van der Waals surface area contributed by atoms with Crippen molar-refractivity contribution in [2.24, 2.45) is 5.73 Å². The largest absolute Gasteiger partial charge is 0.493 e. The van der Waals surface area contributed by atoms with Crippen LogP contribution in [-0.2, 0) is 4.79 Å². The van der Waals surface area contributed by atoms with E-state index in [2.05, 4.69) is 0 Å². The monoisotopic (exact) mass is 267 g/mol. The number of amides is 1. The minimum atomic E-state index is -1.14. The number of nitrogens with two attached hydrogens (primary N) is 1. The summed E-state index contributed by atoms with van der Waals surface area (Å²) in [5.41, 5.74) is 5.04.